The van der Waals surface area contributed by atoms with Gasteiger partial charge >= 0.3 is 0 Å². The molecular formula is C8H9NOS2. The van der Waals surface area contributed by atoms with Crippen LogP contribution in [0.15, 0.2) is 6.20 Å². The summed E-state index contributed by atoms with van der Waals surface area (Å²) < 4.78 is 0. The molecule has 1 atom stereocenters. The third-order valence-electron chi connectivity index (χ3n) is 1.94. The molecule has 64 valence electrons. The van der Waals surface area contributed by atoms with Gasteiger partial charge in [-0.3, -0.25) is 4.79 Å². The molecule has 1 aromatic rings. The van der Waals surface area contributed by atoms with E-state index in [2.05, 4.69) is 4.98 Å². The predicted molar refractivity (Wildman–Crippen MR) is 52.2 cm³/mol. The Morgan fingerprint density at radius 1 is 1.67 bits per heavy atom. The second kappa shape index (κ2) is 3.58. The average molecular weight is 199 g/mol. The van der Waals surface area contributed by atoms with Crippen LogP contribution in [0.25, 0.3) is 0 Å². The van der Waals surface area contributed by atoms with Gasteiger partial charge in [0.25, 0.3) is 0 Å². The maximum Gasteiger partial charge on any atom is 0.161 e. The van der Waals surface area contributed by atoms with Crippen molar-refractivity contribution in [2.24, 2.45) is 0 Å². The first-order chi connectivity index (χ1) is 5.90. The van der Waals surface area contributed by atoms with Crippen LogP contribution in [0.2, 0.25) is 0 Å². The van der Waals surface area contributed by atoms with E-state index in [1.807, 2.05) is 11.8 Å². The van der Waals surface area contributed by atoms with Crippen molar-refractivity contribution in [2.75, 3.05) is 11.5 Å². The van der Waals surface area contributed by atoms with E-state index in [-0.39, 0.29) is 0 Å². The largest absolute Gasteiger partial charge is 0.297 e. The quantitative estimate of drug-likeness (QED) is 0.684. The van der Waals surface area contributed by atoms with E-state index >= 15 is 0 Å². The average Bonchev–Trinajstić information content (AvgIpc) is 2.75. The van der Waals surface area contributed by atoms with Crippen LogP contribution in [0.5, 0.6) is 0 Å². The Labute approximate surface area is 79.4 Å². The molecule has 0 bridgehead atoms. The number of carbonyl (C=O) groups is 1. The summed E-state index contributed by atoms with van der Waals surface area (Å²) in [6.45, 7) is 0. The molecule has 0 radical (unpaired) electrons. The van der Waals surface area contributed by atoms with Gasteiger partial charge in [-0.05, 0) is 12.2 Å². The molecule has 0 amide bonds. The summed E-state index contributed by atoms with van der Waals surface area (Å²) in [5.41, 5.74) is 0. The molecule has 0 saturated carbocycles. The summed E-state index contributed by atoms with van der Waals surface area (Å²) in [5, 5.41) is 1.14. The van der Waals surface area contributed by atoms with Gasteiger partial charge in [0.15, 0.2) is 6.29 Å². The second-order valence-corrected chi connectivity index (χ2v) is 5.02. The van der Waals surface area contributed by atoms with Gasteiger partial charge in [0.2, 0.25) is 0 Å². The molecule has 1 aliphatic heterocycles. The second-order valence-electron chi connectivity index (χ2n) is 2.78. The highest BCUT2D eigenvalue weighted by molar-refractivity contribution is 7.99. The van der Waals surface area contributed by atoms with Crippen molar-refractivity contribution in [3.8, 4) is 0 Å². The fourth-order valence-electron chi connectivity index (χ4n) is 1.27. The van der Waals surface area contributed by atoms with Gasteiger partial charge in [-0.25, -0.2) is 4.98 Å². The monoisotopic (exact) mass is 199 g/mol. The van der Waals surface area contributed by atoms with Crippen LogP contribution in [0.1, 0.15) is 27.0 Å². The van der Waals surface area contributed by atoms with Crippen LogP contribution < -0.4 is 0 Å². The molecule has 2 nitrogen and oxygen atoms in total. The zero-order valence-corrected chi connectivity index (χ0v) is 8.16. The molecule has 12 heavy (non-hydrogen) atoms. The van der Waals surface area contributed by atoms with Crippen molar-refractivity contribution in [3.05, 3.63) is 16.1 Å². The van der Waals surface area contributed by atoms with Crippen LogP contribution in [-0.4, -0.2) is 22.8 Å². The number of aldehydes is 1. The highest BCUT2D eigenvalue weighted by atomic mass is 32.2. The fourth-order valence-corrected chi connectivity index (χ4v) is 3.47. The van der Waals surface area contributed by atoms with Gasteiger partial charge in [-0.15, -0.1) is 11.3 Å². The van der Waals surface area contributed by atoms with Gasteiger partial charge in [-0.1, -0.05) is 0 Å². The molecule has 0 aliphatic carbocycles. The Hall–Kier alpha value is -0.350. The summed E-state index contributed by atoms with van der Waals surface area (Å²) in [6.07, 6.45) is 3.77. The van der Waals surface area contributed by atoms with Crippen LogP contribution in [-0.2, 0) is 0 Å². The summed E-state index contributed by atoms with van der Waals surface area (Å²) in [6, 6.07) is 0. The van der Waals surface area contributed by atoms with E-state index in [1.54, 1.807) is 6.20 Å². The summed E-state index contributed by atoms with van der Waals surface area (Å²) in [5.74, 6) is 3.01. The maximum atomic E-state index is 10.4. The Morgan fingerprint density at radius 3 is 3.17 bits per heavy atom. The maximum absolute atomic E-state index is 10.4. The third-order valence-corrected chi connectivity index (χ3v) is 4.18. The highest BCUT2D eigenvalue weighted by Crippen LogP contribution is 2.33. The lowest BCUT2D eigenvalue weighted by molar-refractivity contribution is 0.112. The summed E-state index contributed by atoms with van der Waals surface area (Å²) in [4.78, 5) is 15.4. The predicted octanol–water partition coefficient (Wildman–Crippen LogP) is 2.18. The van der Waals surface area contributed by atoms with Crippen molar-refractivity contribution >= 4 is 29.4 Å². The standard InChI is InChI=1S/C8H9NOS2/c10-4-7-3-9-8(12-7)6-1-2-11-5-6/h3-4,6H,1-2,5H2. The first-order valence-electron chi connectivity index (χ1n) is 3.89. The van der Waals surface area contributed by atoms with E-state index in [0.29, 0.717) is 5.92 Å². The smallest absolute Gasteiger partial charge is 0.161 e. The minimum absolute atomic E-state index is 0.605. The molecule has 1 saturated heterocycles. The lowest BCUT2D eigenvalue weighted by Crippen LogP contribution is -1.93. The Bertz CT molecular complexity index is 278. The van der Waals surface area contributed by atoms with E-state index < -0.39 is 0 Å². The minimum Gasteiger partial charge on any atom is -0.297 e. The normalized spacial score (nSPS) is 22.8. The number of thiazole rings is 1. The molecule has 0 spiro atoms. The number of rotatable bonds is 2. The third kappa shape index (κ3) is 1.54. The van der Waals surface area contributed by atoms with Gasteiger partial charge < -0.3 is 0 Å². The molecule has 1 fully saturated rings. The van der Waals surface area contributed by atoms with E-state index in [9.17, 15) is 4.79 Å². The van der Waals surface area contributed by atoms with Gasteiger partial charge in [0.1, 0.15) is 0 Å². The Kier molecular flexibility index (Phi) is 2.46. The molecule has 1 aliphatic rings. The van der Waals surface area contributed by atoms with Crippen molar-refractivity contribution in [3.63, 3.8) is 0 Å². The molecule has 1 unspecified atom stereocenters. The number of aromatic nitrogens is 1. The summed E-state index contributed by atoms with van der Waals surface area (Å²) in [7, 11) is 0. The first-order valence-corrected chi connectivity index (χ1v) is 5.86. The van der Waals surface area contributed by atoms with E-state index in [0.717, 1.165) is 16.2 Å². The molecule has 4 heteroatoms. The van der Waals surface area contributed by atoms with E-state index in [1.165, 1.54) is 29.3 Å². The topological polar surface area (TPSA) is 30.0 Å². The molecule has 0 N–H and O–H groups in total. The molecule has 2 rings (SSSR count). The van der Waals surface area contributed by atoms with Crippen molar-refractivity contribution in [1.29, 1.82) is 0 Å². The van der Waals surface area contributed by atoms with Crippen LogP contribution in [0.4, 0.5) is 0 Å². The molecule has 0 aromatic carbocycles. The lowest BCUT2D eigenvalue weighted by atomic mass is 10.1. The number of hydrogen-bond donors (Lipinski definition) is 0. The van der Waals surface area contributed by atoms with Crippen LogP contribution >= 0.6 is 23.1 Å². The lowest BCUT2D eigenvalue weighted by Gasteiger charge is -2.00. The van der Waals surface area contributed by atoms with E-state index in [4.69, 9.17) is 0 Å². The van der Waals surface area contributed by atoms with Crippen LogP contribution in [0.3, 0.4) is 0 Å². The Balaban J connectivity index is 2.16. The van der Waals surface area contributed by atoms with Crippen molar-refractivity contribution in [1.82, 2.24) is 4.98 Å². The zero-order valence-electron chi connectivity index (χ0n) is 6.53. The van der Waals surface area contributed by atoms with Gasteiger partial charge in [-0.2, -0.15) is 11.8 Å². The fraction of sp³-hybridized carbons (Fsp3) is 0.500. The first kappa shape index (κ1) is 8.26. The molecule has 1 aromatic heterocycles. The number of thioether (sulfide) groups is 1. The number of carbonyl (C=O) groups excluding carboxylic acids is 1. The van der Waals surface area contributed by atoms with Gasteiger partial charge in [0.05, 0.1) is 9.88 Å². The van der Waals surface area contributed by atoms with Crippen LogP contribution in [0, 0.1) is 0 Å². The minimum atomic E-state index is 0.605. The molecule has 2 heterocycles. The highest BCUT2D eigenvalue weighted by Gasteiger charge is 2.20. The number of nitrogens with zero attached hydrogens (tertiary/aromatic N) is 1. The van der Waals surface area contributed by atoms with Gasteiger partial charge in [0, 0.05) is 17.9 Å². The molecular weight excluding hydrogens is 190 g/mol. The number of hydrogen-bond acceptors (Lipinski definition) is 4. The SMILES string of the molecule is O=Cc1cnc(C2CCSC2)s1. The van der Waals surface area contributed by atoms with Crippen molar-refractivity contribution < 1.29 is 4.79 Å². The Morgan fingerprint density at radius 2 is 2.58 bits per heavy atom. The summed E-state index contributed by atoms with van der Waals surface area (Å²) >= 11 is 3.51. The zero-order chi connectivity index (χ0) is 8.39. The van der Waals surface area contributed by atoms with Crippen molar-refractivity contribution in [2.45, 2.75) is 12.3 Å².